The SMILES string of the molecule is CC(OO)c1ccc(OCCO/C=C/C(=O)c2ccccc2)cc1. The lowest BCUT2D eigenvalue weighted by Crippen LogP contribution is -2.04. The molecule has 5 nitrogen and oxygen atoms in total. The van der Waals surface area contributed by atoms with E-state index in [0.717, 1.165) is 5.56 Å². The summed E-state index contributed by atoms with van der Waals surface area (Å²) in [5.41, 5.74) is 1.47. The van der Waals surface area contributed by atoms with Crippen molar-refractivity contribution in [2.24, 2.45) is 0 Å². The molecule has 2 aromatic carbocycles. The summed E-state index contributed by atoms with van der Waals surface area (Å²) in [7, 11) is 0. The molecule has 0 saturated heterocycles. The average Bonchev–Trinajstić information content (AvgIpc) is 2.65. The second-order valence-corrected chi connectivity index (χ2v) is 5.07. The normalized spacial score (nSPS) is 12.1. The smallest absolute Gasteiger partial charge is 0.188 e. The van der Waals surface area contributed by atoms with Gasteiger partial charge in [-0.2, -0.15) is 0 Å². The predicted octanol–water partition coefficient (Wildman–Crippen LogP) is 4.03. The molecule has 1 N–H and O–H groups in total. The van der Waals surface area contributed by atoms with E-state index in [0.29, 0.717) is 24.5 Å². The van der Waals surface area contributed by atoms with E-state index in [1.807, 2.05) is 30.3 Å². The number of ketones is 1. The predicted molar refractivity (Wildman–Crippen MR) is 89.9 cm³/mol. The number of carbonyl (C=O) groups is 1. The van der Waals surface area contributed by atoms with Gasteiger partial charge in [0.2, 0.25) is 0 Å². The number of benzene rings is 2. The Kier molecular flexibility index (Phi) is 7.01. The van der Waals surface area contributed by atoms with Crippen LogP contribution in [-0.4, -0.2) is 24.3 Å². The number of allylic oxidation sites excluding steroid dienone is 1. The zero-order chi connectivity index (χ0) is 17.2. The Bertz CT molecular complexity index is 649. The van der Waals surface area contributed by atoms with E-state index in [-0.39, 0.29) is 11.9 Å². The minimum absolute atomic E-state index is 0.104. The minimum atomic E-state index is -0.380. The van der Waals surface area contributed by atoms with Gasteiger partial charge < -0.3 is 9.47 Å². The molecule has 0 aromatic heterocycles. The van der Waals surface area contributed by atoms with Crippen LogP contribution in [0, 0.1) is 0 Å². The number of carbonyl (C=O) groups excluding carboxylic acids is 1. The first-order chi connectivity index (χ1) is 11.7. The maximum Gasteiger partial charge on any atom is 0.188 e. The number of ether oxygens (including phenoxy) is 2. The molecule has 126 valence electrons. The Hall–Kier alpha value is -2.63. The van der Waals surface area contributed by atoms with Crippen molar-refractivity contribution < 1.29 is 24.4 Å². The van der Waals surface area contributed by atoms with Gasteiger partial charge in [0.05, 0.1) is 6.26 Å². The van der Waals surface area contributed by atoms with Gasteiger partial charge in [-0.3, -0.25) is 10.1 Å². The Balaban J connectivity index is 1.68. The maximum atomic E-state index is 11.8. The lowest BCUT2D eigenvalue weighted by Gasteiger charge is -2.09. The van der Waals surface area contributed by atoms with Crippen molar-refractivity contribution in [2.75, 3.05) is 13.2 Å². The molecular weight excluding hydrogens is 308 g/mol. The first-order valence-electron chi connectivity index (χ1n) is 7.61. The van der Waals surface area contributed by atoms with Crippen LogP contribution in [0.1, 0.15) is 28.9 Å². The lowest BCUT2D eigenvalue weighted by molar-refractivity contribution is -0.277. The fourth-order valence-electron chi connectivity index (χ4n) is 1.98. The van der Waals surface area contributed by atoms with E-state index < -0.39 is 0 Å². The monoisotopic (exact) mass is 328 g/mol. The Morgan fingerprint density at radius 2 is 1.79 bits per heavy atom. The molecule has 0 fully saturated rings. The summed E-state index contributed by atoms with van der Waals surface area (Å²) < 4.78 is 10.8. The first kappa shape index (κ1) is 17.7. The molecule has 0 aliphatic carbocycles. The van der Waals surface area contributed by atoms with Crippen molar-refractivity contribution in [3.05, 3.63) is 78.1 Å². The molecule has 0 radical (unpaired) electrons. The standard InChI is InChI=1S/C19H20O5/c1-15(24-21)16-7-9-18(10-8-16)23-14-13-22-12-11-19(20)17-5-3-2-4-6-17/h2-12,15,21H,13-14H2,1H3/b12-11+. The van der Waals surface area contributed by atoms with Crippen LogP contribution in [0.2, 0.25) is 0 Å². The van der Waals surface area contributed by atoms with Crippen molar-refractivity contribution in [3.63, 3.8) is 0 Å². The molecule has 0 aliphatic rings. The molecule has 0 heterocycles. The van der Waals surface area contributed by atoms with Crippen LogP contribution >= 0.6 is 0 Å². The number of rotatable bonds is 9. The second-order valence-electron chi connectivity index (χ2n) is 5.07. The van der Waals surface area contributed by atoms with Gasteiger partial charge in [-0.25, -0.2) is 4.89 Å². The van der Waals surface area contributed by atoms with E-state index >= 15 is 0 Å². The van der Waals surface area contributed by atoms with Crippen LogP contribution in [0.3, 0.4) is 0 Å². The van der Waals surface area contributed by atoms with Crippen LogP contribution in [0.25, 0.3) is 0 Å². The quantitative estimate of drug-likeness (QED) is 0.188. The second kappa shape index (κ2) is 9.50. The highest BCUT2D eigenvalue weighted by Gasteiger charge is 2.04. The highest BCUT2D eigenvalue weighted by atomic mass is 17.1. The van der Waals surface area contributed by atoms with Gasteiger partial charge in [0.1, 0.15) is 25.1 Å². The summed E-state index contributed by atoms with van der Waals surface area (Å²) in [6, 6.07) is 16.2. The Morgan fingerprint density at radius 3 is 2.46 bits per heavy atom. The largest absolute Gasteiger partial charge is 0.498 e. The van der Waals surface area contributed by atoms with E-state index in [1.54, 1.807) is 31.2 Å². The molecule has 0 aliphatic heterocycles. The van der Waals surface area contributed by atoms with Gasteiger partial charge in [0.15, 0.2) is 5.78 Å². The third kappa shape index (κ3) is 5.53. The zero-order valence-electron chi connectivity index (χ0n) is 13.4. The van der Waals surface area contributed by atoms with Crippen LogP contribution in [-0.2, 0) is 9.62 Å². The van der Waals surface area contributed by atoms with E-state index in [2.05, 4.69) is 4.89 Å². The molecular formula is C19H20O5. The molecule has 1 unspecified atom stereocenters. The van der Waals surface area contributed by atoms with Gasteiger partial charge in [0, 0.05) is 11.6 Å². The zero-order valence-corrected chi connectivity index (χ0v) is 13.4. The van der Waals surface area contributed by atoms with Crippen molar-refractivity contribution in [1.29, 1.82) is 0 Å². The summed E-state index contributed by atoms with van der Waals surface area (Å²) in [4.78, 5) is 16.0. The van der Waals surface area contributed by atoms with Gasteiger partial charge >= 0.3 is 0 Å². The van der Waals surface area contributed by atoms with E-state index in [9.17, 15) is 4.79 Å². The fourth-order valence-corrected chi connectivity index (χ4v) is 1.98. The molecule has 5 heteroatoms. The maximum absolute atomic E-state index is 11.8. The minimum Gasteiger partial charge on any atom is -0.498 e. The van der Waals surface area contributed by atoms with Crippen molar-refractivity contribution in [1.82, 2.24) is 0 Å². The summed E-state index contributed by atoms with van der Waals surface area (Å²) >= 11 is 0. The Labute approximate surface area is 141 Å². The summed E-state index contributed by atoms with van der Waals surface area (Å²) in [5, 5.41) is 8.61. The molecule has 1 atom stereocenters. The molecule has 2 aromatic rings. The summed E-state index contributed by atoms with van der Waals surface area (Å²) in [6.07, 6.45) is 2.39. The molecule has 2 rings (SSSR count). The van der Waals surface area contributed by atoms with Crippen LogP contribution < -0.4 is 4.74 Å². The average molecular weight is 328 g/mol. The highest BCUT2D eigenvalue weighted by Crippen LogP contribution is 2.19. The summed E-state index contributed by atoms with van der Waals surface area (Å²) in [5.74, 6) is 0.587. The van der Waals surface area contributed by atoms with Crippen LogP contribution in [0.5, 0.6) is 5.75 Å². The number of hydrogen-bond donors (Lipinski definition) is 1. The van der Waals surface area contributed by atoms with Gasteiger partial charge in [-0.05, 0) is 24.6 Å². The van der Waals surface area contributed by atoms with Crippen LogP contribution in [0.15, 0.2) is 66.9 Å². The molecule has 0 spiro atoms. The molecule has 0 amide bonds. The third-order valence-electron chi connectivity index (χ3n) is 3.35. The molecule has 0 saturated carbocycles. The van der Waals surface area contributed by atoms with Crippen LogP contribution in [0.4, 0.5) is 0 Å². The van der Waals surface area contributed by atoms with E-state index in [1.165, 1.54) is 12.3 Å². The number of hydrogen-bond acceptors (Lipinski definition) is 5. The summed E-state index contributed by atoms with van der Waals surface area (Å²) in [6.45, 7) is 2.43. The van der Waals surface area contributed by atoms with E-state index in [4.69, 9.17) is 14.7 Å². The highest BCUT2D eigenvalue weighted by molar-refractivity contribution is 6.04. The van der Waals surface area contributed by atoms with Crippen molar-refractivity contribution >= 4 is 5.78 Å². The molecule has 0 bridgehead atoms. The fraction of sp³-hybridized carbons (Fsp3) is 0.211. The topological polar surface area (TPSA) is 65.0 Å². The lowest BCUT2D eigenvalue weighted by atomic mass is 10.1. The third-order valence-corrected chi connectivity index (χ3v) is 3.35. The Morgan fingerprint density at radius 1 is 1.08 bits per heavy atom. The first-order valence-corrected chi connectivity index (χ1v) is 7.61. The van der Waals surface area contributed by atoms with Gasteiger partial charge in [0.25, 0.3) is 0 Å². The molecule has 24 heavy (non-hydrogen) atoms. The van der Waals surface area contributed by atoms with Gasteiger partial charge in [-0.15, -0.1) is 0 Å². The van der Waals surface area contributed by atoms with Crippen molar-refractivity contribution in [3.8, 4) is 5.75 Å². The van der Waals surface area contributed by atoms with Crippen molar-refractivity contribution in [2.45, 2.75) is 13.0 Å². The van der Waals surface area contributed by atoms with Gasteiger partial charge in [-0.1, -0.05) is 42.5 Å².